The van der Waals surface area contributed by atoms with Gasteiger partial charge in [-0.3, -0.25) is 0 Å². The zero-order chi connectivity index (χ0) is 15.4. The number of nitrogens with two attached hydrogens (primary N) is 1. The summed E-state index contributed by atoms with van der Waals surface area (Å²) in [5.74, 6) is 6.35. The second kappa shape index (κ2) is 6.55. The third kappa shape index (κ3) is 3.93. The SMILES string of the molecule is CC(C)c1csc(COc2cccc(N(N)C(=O)O)c2)n1. The van der Waals surface area contributed by atoms with Crippen LogP contribution in [0.15, 0.2) is 29.6 Å². The smallest absolute Gasteiger partial charge is 0.426 e. The molecular formula is C14H17N3O3S. The highest BCUT2D eigenvalue weighted by Crippen LogP contribution is 2.22. The van der Waals surface area contributed by atoms with Gasteiger partial charge in [-0.25, -0.2) is 20.6 Å². The Labute approximate surface area is 126 Å². The molecule has 0 bridgehead atoms. The maximum absolute atomic E-state index is 10.8. The first-order valence-electron chi connectivity index (χ1n) is 6.42. The normalized spacial score (nSPS) is 10.7. The maximum atomic E-state index is 10.8. The van der Waals surface area contributed by atoms with Crippen LogP contribution in [0.3, 0.4) is 0 Å². The van der Waals surface area contributed by atoms with Crippen molar-refractivity contribution in [3.8, 4) is 5.75 Å². The van der Waals surface area contributed by atoms with E-state index in [2.05, 4.69) is 18.8 Å². The fraction of sp³-hybridized carbons (Fsp3) is 0.286. The number of carbonyl (C=O) groups is 1. The molecule has 0 aliphatic carbocycles. The molecule has 1 heterocycles. The lowest BCUT2D eigenvalue weighted by molar-refractivity contribution is 0.202. The largest absolute Gasteiger partial charge is 0.486 e. The van der Waals surface area contributed by atoms with Crippen molar-refractivity contribution >= 4 is 23.1 Å². The van der Waals surface area contributed by atoms with E-state index < -0.39 is 6.09 Å². The summed E-state index contributed by atoms with van der Waals surface area (Å²) >= 11 is 1.55. The fourth-order valence-corrected chi connectivity index (χ4v) is 2.50. The Hall–Kier alpha value is -2.12. The topological polar surface area (TPSA) is 88.7 Å². The number of amides is 1. The summed E-state index contributed by atoms with van der Waals surface area (Å²) in [6, 6.07) is 6.61. The molecule has 2 aromatic rings. The van der Waals surface area contributed by atoms with E-state index in [1.54, 1.807) is 35.6 Å². The van der Waals surface area contributed by atoms with Gasteiger partial charge >= 0.3 is 6.09 Å². The lowest BCUT2D eigenvalue weighted by Crippen LogP contribution is -2.35. The van der Waals surface area contributed by atoms with Crippen molar-refractivity contribution in [2.75, 3.05) is 5.01 Å². The summed E-state index contributed by atoms with van der Waals surface area (Å²) in [7, 11) is 0. The van der Waals surface area contributed by atoms with E-state index in [-0.39, 0.29) is 0 Å². The second-order valence-corrected chi connectivity index (χ2v) is 5.70. The zero-order valence-electron chi connectivity index (χ0n) is 11.8. The molecule has 0 unspecified atom stereocenters. The third-order valence-corrected chi connectivity index (χ3v) is 3.67. The van der Waals surface area contributed by atoms with Crippen molar-refractivity contribution in [2.24, 2.45) is 5.84 Å². The molecule has 1 aromatic carbocycles. The molecule has 0 aliphatic heterocycles. The Balaban J connectivity index is 2.02. The average Bonchev–Trinajstić information content (AvgIpc) is 2.93. The molecule has 0 spiro atoms. The lowest BCUT2D eigenvalue weighted by Gasteiger charge is -2.13. The minimum absolute atomic E-state index is 0.346. The van der Waals surface area contributed by atoms with Gasteiger partial charge in [0.25, 0.3) is 0 Å². The van der Waals surface area contributed by atoms with E-state index in [0.29, 0.717) is 29.0 Å². The molecule has 0 saturated carbocycles. The first-order valence-corrected chi connectivity index (χ1v) is 7.30. The average molecular weight is 307 g/mol. The van der Waals surface area contributed by atoms with Crippen LogP contribution in [0.2, 0.25) is 0 Å². The van der Waals surface area contributed by atoms with Crippen molar-refractivity contribution in [3.63, 3.8) is 0 Å². The van der Waals surface area contributed by atoms with Crippen LogP contribution >= 0.6 is 11.3 Å². The quantitative estimate of drug-likeness (QED) is 0.503. The Morgan fingerprint density at radius 3 is 2.90 bits per heavy atom. The first kappa shape index (κ1) is 15.3. The number of carboxylic acid groups (broad SMARTS) is 1. The van der Waals surface area contributed by atoms with Gasteiger partial charge in [-0.05, 0) is 18.1 Å². The molecule has 1 aromatic heterocycles. The van der Waals surface area contributed by atoms with Gasteiger partial charge in [0, 0.05) is 11.4 Å². The molecule has 21 heavy (non-hydrogen) atoms. The lowest BCUT2D eigenvalue weighted by atomic mass is 10.2. The predicted molar refractivity (Wildman–Crippen MR) is 81.7 cm³/mol. The molecule has 3 N–H and O–H groups in total. The monoisotopic (exact) mass is 307 g/mol. The summed E-state index contributed by atoms with van der Waals surface area (Å²) < 4.78 is 5.63. The van der Waals surface area contributed by atoms with E-state index in [9.17, 15) is 4.79 Å². The molecule has 0 aliphatic rings. The van der Waals surface area contributed by atoms with Gasteiger partial charge in [0.05, 0.1) is 11.4 Å². The maximum Gasteiger partial charge on any atom is 0.426 e. The van der Waals surface area contributed by atoms with Crippen molar-refractivity contribution in [1.29, 1.82) is 0 Å². The van der Waals surface area contributed by atoms with Gasteiger partial charge in [-0.1, -0.05) is 19.9 Å². The van der Waals surface area contributed by atoms with Crippen LogP contribution in [0.4, 0.5) is 10.5 Å². The molecule has 6 nitrogen and oxygen atoms in total. The van der Waals surface area contributed by atoms with Crippen LogP contribution in [0.25, 0.3) is 0 Å². The number of nitrogens with zero attached hydrogens (tertiary/aromatic N) is 2. The summed E-state index contributed by atoms with van der Waals surface area (Å²) in [4.78, 5) is 15.3. The van der Waals surface area contributed by atoms with Crippen molar-refractivity contribution in [1.82, 2.24) is 4.98 Å². The van der Waals surface area contributed by atoms with E-state index >= 15 is 0 Å². The Morgan fingerprint density at radius 1 is 1.52 bits per heavy atom. The molecule has 0 atom stereocenters. The van der Waals surface area contributed by atoms with Crippen molar-refractivity contribution in [2.45, 2.75) is 26.4 Å². The van der Waals surface area contributed by atoms with Crippen LogP contribution in [-0.4, -0.2) is 16.2 Å². The fourth-order valence-electron chi connectivity index (χ4n) is 1.64. The van der Waals surface area contributed by atoms with Gasteiger partial charge in [-0.15, -0.1) is 11.3 Å². The van der Waals surface area contributed by atoms with E-state index in [0.717, 1.165) is 10.7 Å². The number of rotatable bonds is 5. The van der Waals surface area contributed by atoms with Gasteiger partial charge in [0.15, 0.2) is 0 Å². The van der Waals surface area contributed by atoms with Gasteiger partial charge < -0.3 is 9.84 Å². The van der Waals surface area contributed by atoms with E-state index in [4.69, 9.17) is 15.7 Å². The van der Waals surface area contributed by atoms with Crippen LogP contribution in [-0.2, 0) is 6.61 Å². The molecule has 112 valence electrons. The van der Waals surface area contributed by atoms with Gasteiger partial charge in [0.1, 0.15) is 17.4 Å². The summed E-state index contributed by atoms with van der Waals surface area (Å²) in [6.07, 6.45) is -1.23. The minimum atomic E-state index is -1.23. The molecular weight excluding hydrogens is 290 g/mol. The summed E-state index contributed by atoms with van der Waals surface area (Å²) in [5, 5.41) is 12.4. The Bertz CT molecular complexity index is 627. The number of benzene rings is 1. The number of anilines is 1. The van der Waals surface area contributed by atoms with Crippen LogP contribution in [0, 0.1) is 0 Å². The second-order valence-electron chi connectivity index (χ2n) is 4.76. The zero-order valence-corrected chi connectivity index (χ0v) is 12.6. The molecule has 0 fully saturated rings. The highest BCUT2D eigenvalue weighted by atomic mass is 32.1. The number of thiazole rings is 1. The summed E-state index contributed by atoms with van der Waals surface area (Å²) in [5.41, 5.74) is 1.40. The van der Waals surface area contributed by atoms with E-state index in [1.807, 2.05) is 5.38 Å². The molecule has 0 saturated heterocycles. The van der Waals surface area contributed by atoms with Crippen LogP contribution < -0.4 is 15.6 Å². The summed E-state index contributed by atoms with van der Waals surface area (Å²) in [6.45, 7) is 4.52. The van der Waals surface area contributed by atoms with Crippen LogP contribution in [0.5, 0.6) is 5.75 Å². The van der Waals surface area contributed by atoms with Crippen molar-refractivity contribution < 1.29 is 14.6 Å². The predicted octanol–water partition coefficient (Wildman–Crippen LogP) is 3.20. The highest BCUT2D eigenvalue weighted by molar-refractivity contribution is 7.09. The minimum Gasteiger partial charge on any atom is -0.486 e. The highest BCUT2D eigenvalue weighted by Gasteiger charge is 2.10. The molecule has 0 radical (unpaired) electrons. The first-order chi connectivity index (χ1) is 9.97. The van der Waals surface area contributed by atoms with Gasteiger partial charge in [0.2, 0.25) is 0 Å². The number of hydrogen-bond donors (Lipinski definition) is 2. The van der Waals surface area contributed by atoms with E-state index in [1.165, 1.54) is 0 Å². The Kier molecular flexibility index (Phi) is 4.77. The number of aromatic nitrogens is 1. The molecule has 1 amide bonds. The number of hydrazine groups is 1. The number of ether oxygens (including phenoxy) is 1. The molecule has 2 rings (SSSR count). The van der Waals surface area contributed by atoms with Gasteiger partial charge in [-0.2, -0.15) is 0 Å². The third-order valence-electron chi connectivity index (χ3n) is 2.83. The standard InChI is InChI=1S/C14H17N3O3S/c1-9(2)12-8-21-13(16-12)7-20-11-5-3-4-10(6-11)17(15)14(18)19/h3-6,8-9H,7,15H2,1-2H3,(H,18,19). The van der Waals surface area contributed by atoms with Crippen LogP contribution in [0.1, 0.15) is 30.5 Å². The molecule has 7 heteroatoms. The Morgan fingerprint density at radius 2 is 2.29 bits per heavy atom. The van der Waals surface area contributed by atoms with Crippen molar-refractivity contribution in [3.05, 3.63) is 40.3 Å². The number of hydrogen-bond acceptors (Lipinski definition) is 5.